The first-order chi connectivity index (χ1) is 13.9. The van der Waals surface area contributed by atoms with E-state index in [1.54, 1.807) is 12.1 Å². The highest BCUT2D eigenvalue weighted by Gasteiger charge is 2.12. The van der Waals surface area contributed by atoms with Crippen molar-refractivity contribution >= 4 is 45.6 Å². The maximum atomic E-state index is 11.9. The molecule has 0 radical (unpaired) electrons. The molecule has 3 aromatic carbocycles. The molecule has 1 amide bonds. The molecule has 0 atom stereocenters. The van der Waals surface area contributed by atoms with E-state index in [2.05, 4.69) is 5.32 Å². The third-order valence-electron chi connectivity index (χ3n) is 3.88. The summed E-state index contributed by atoms with van der Waals surface area (Å²) in [6.45, 7) is -0.942. The number of nitro groups is 1. The normalized spacial score (nSPS) is 10.4. The molecule has 0 aromatic heterocycles. The molecule has 0 bridgehead atoms. The minimum Gasteiger partial charge on any atom is -0.481 e. The molecule has 3 aromatic rings. The van der Waals surface area contributed by atoms with E-state index in [9.17, 15) is 19.7 Å². The number of carbonyl (C=O) groups is 2. The zero-order valence-electron chi connectivity index (χ0n) is 15.0. The van der Waals surface area contributed by atoms with Crippen LogP contribution in [0, 0.1) is 10.1 Å². The second kappa shape index (κ2) is 9.03. The second-order valence-corrected chi connectivity index (χ2v) is 6.30. The Morgan fingerprint density at radius 2 is 1.76 bits per heavy atom. The maximum absolute atomic E-state index is 11.9. The Balaban J connectivity index is 1.52. The fourth-order valence-electron chi connectivity index (χ4n) is 2.58. The molecule has 0 saturated carbocycles. The highest BCUT2D eigenvalue weighted by molar-refractivity contribution is 6.35. The van der Waals surface area contributed by atoms with Gasteiger partial charge < -0.3 is 14.8 Å². The predicted molar refractivity (Wildman–Crippen MR) is 107 cm³/mol. The van der Waals surface area contributed by atoms with Crippen molar-refractivity contribution in [2.75, 3.05) is 18.5 Å². The van der Waals surface area contributed by atoms with E-state index in [0.29, 0.717) is 10.8 Å². The van der Waals surface area contributed by atoms with E-state index in [1.807, 2.05) is 24.3 Å². The van der Waals surface area contributed by atoms with Gasteiger partial charge in [0.1, 0.15) is 5.75 Å². The Morgan fingerprint density at radius 1 is 1.00 bits per heavy atom. The number of halogens is 1. The van der Waals surface area contributed by atoms with Gasteiger partial charge >= 0.3 is 5.97 Å². The van der Waals surface area contributed by atoms with Gasteiger partial charge in [0, 0.05) is 33.6 Å². The molecular formula is C20H15ClN2O6. The largest absolute Gasteiger partial charge is 0.481 e. The van der Waals surface area contributed by atoms with Crippen molar-refractivity contribution in [1.29, 1.82) is 0 Å². The summed E-state index contributed by atoms with van der Waals surface area (Å²) in [4.78, 5) is 33.9. The van der Waals surface area contributed by atoms with Crippen LogP contribution >= 0.6 is 11.6 Å². The number of fused-ring (bicyclic) bond motifs is 1. The van der Waals surface area contributed by atoms with E-state index in [1.165, 1.54) is 24.3 Å². The van der Waals surface area contributed by atoms with Crippen molar-refractivity contribution in [2.24, 2.45) is 0 Å². The molecule has 0 saturated heterocycles. The van der Waals surface area contributed by atoms with Crippen LogP contribution in [-0.4, -0.2) is 30.0 Å². The first kappa shape index (κ1) is 20.1. The fourth-order valence-corrected chi connectivity index (χ4v) is 2.81. The Morgan fingerprint density at radius 3 is 2.52 bits per heavy atom. The third-order valence-corrected chi connectivity index (χ3v) is 4.21. The quantitative estimate of drug-likeness (QED) is 0.356. The minimum atomic E-state index is -0.738. The van der Waals surface area contributed by atoms with Crippen molar-refractivity contribution in [3.8, 4) is 5.75 Å². The molecule has 0 fully saturated rings. The third kappa shape index (κ3) is 5.20. The van der Waals surface area contributed by atoms with Gasteiger partial charge in [-0.05, 0) is 18.2 Å². The smallest absolute Gasteiger partial charge is 0.344 e. The molecule has 0 aliphatic heterocycles. The highest BCUT2D eigenvalue weighted by Crippen LogP contribution is 2.31. The minimum absolute atomic E-state index is 0.164. The summed E-state index contributed by atoms with van der Waals surface area (Å²) < 4.78 is 10.4. The number of rotatable bonds is 7. The average molecular weight is 415 g/mol. The lowest BCUT2D eigenvalue weighted by Gasteiger charge is -2.10. The van der Waals surface area contributed by atoms with Crippen LogP contribution in [0.15, 0.2) is 60.7 Å². The molecular weight excluding hydrogens is 400 g/mol. The van der Waals surface area contributed by atoms with Crippen LogP contribution in [0.3, 0.4) is 0 Å². The summed E-state index contributed by atoms with van der Waals surface area (Å²) in [5.41, 5.74) is 0.0625. The summed E-state index contributed by atoms with van der Waals surface area (Å²) >= 11 is 6.14. The van der Waals surface area contributed by atoms with E-state index >= 15 is 0 Å². The van der Waals surface area contributed by atoms with E-state index < -0.39 is 30.0 Å². The number of hydrogen-bond donors (Lipinski definition) is 1. The first-order valence-electron chi connectivity index (χ1n) is 8.44. The monoisotopic (exact) mass is 414 g/mol. The number of carbonyl (C=O) groups excluding carboxylic acids is 2. The van der Waals surface area contributed by atoms with Gasteiger partial charge in [0.2, 0.25) is 0 Å². The van der Waals surface area contributed by atoms with Crippen LogP contribution in [0.5, 0.6) is 5.75 Å². The standard InChI is InChI=1S/C20H15ClN2O6/c21-17-8-9-18(16-7-2-1-6-15(16)17)28-12-20(25)29-11-19(24)22-13-4-3-5-14(10-13)23(26)27/h1-10H,11-12H2,(H,22,24). The van der Waals surface area contributed by atoms with E-state index in [0.717, 1.165) is 10.8 Å². The molecule has 0 spiro atoms. The number of amides is 1. The number of anilines is 1. The molecule has 3 rings (SSSR count). The van der Waals surface area contributed by atoms with Gasteiger partial charge in [-0.1, -0.05) is 41.9 Å². The van der Waals surface area contributed by atoms with Gasteiger partial charge in [0.25, 0.3) is 11.6 Å². The zero-order valence-corrected chi connectivity index (χ0v) is 15.7. The van der Waals surface area contributed by atoms with Crippen molar-refractivity contribution < 1.29 is 24.0 Å². The van der Waals surface area contributed by atoms with Crippen molar-refractivity contribution in [3.63, 3.8) is 0 Å². The number of ether oxygens (including phenoxy) is 2. The van der Waals surface area contributed by atoms with E-state index in [4.69, 9.17) is 21.1 Å². The molecule has 0 heterocycles. The highest BCUT2D eigenvalue weighted by atomic mass is 35.5. The maximum Gasteiger partial charge on any atom is 0.344 e. The molecule has 9 heteroatoms. The van der Waals surface area contributed by atoms with Crippen LogP contribution < -0.4 is 10.1 Å². The van der Waals surface area contributed by atoms with Crippen LogP contribution in [0.25, 0.3) is 10.8 Å². The lowest BCUT2D eigenvalue weighted by molar-refractivity contribution is -0.384. The Labute approximate surface area is 170 Å². The summed E-state index contributed by atoms with van der Waals surface area (Å²) in [5, 5.41) is 15.3. The summed E-state index contributed by atoms with van der Waals surface area (Å²) in [6, 6.07) is 16.0. The fraction of sp³-hybridized carbons (Fsp3) is 0.100. The summed E-state index contributed by atoms with van der Waals surface area (Å²) in [6.07, 6.45) is 0. The van der Waals surface area contributed by atoms with Crippen LogP contribution in [0.2, 0.25) is 5.02 Å². The number of hydrogen-bond acceptors (Lipinski definition) is 6. The molecule has 148 valence electrons. The molecule has 0 unspecified atom stereocenters. The van der Waals surface area contributed by atoms with Crippen LogP contribution in [0.1, 0.15) is 0 Å². The Hall–Kier alpha value is -3.65. The molecule has 8 nitrogen and oxygen atoms in total. The number of esters is 1. The van der Waals surface area contributed by atoms with Gasteiger partial charge in [-0.3, -0.25) is 14.9 Å². The molecule has 0 aliphatic rings. The van der Waals surface area contributed by atoms with Gasteiger partial charge in [0.05, 0.1) is 4.92 Å². The number of nitrogens with zero attached hydrogens (tertiary/aromatic N) is 1. The molecule has 29 heavy (non-hydrogen) atoms. The number of benzene rings is 3. The van der Waals surface area contributed by atoms with Crippen LogP contribution in [-0.2, 0) is 14.3 Å². The van der Waals surface area contributed by atoms with Crippen molar-refractivity contribution in [3.05, 3.63) is 75.8 Å². The number of non-ortho nitro benzene ring substituents is 1. The van der Waals surface area contributed by atoms with Crippen LogP contribution in [0.4, 0.5) is 11.4 Å². The molecule has 1 N–H and O–H groups in total. The lowest BCUT2D eigenvalue weighted by Crippen LogP contribution is -2.23. The number of nitrogens with one attached hydrogen (secondary N) is 1. The summed E-state index contributed by atoms with van der Waals surface area (Å²) in [5.74, 6) is -0.906. The average Bonchev–Trinajstić information content (AvgIpc) is 2.72. The number of nitro benzene ring substituents is 1. The van der Waals surface area contributed by atoms with Gasteiger partial charge in [0.15, 0.2) is 13.2 Å². The predicted octanol–water partition coefficient (Wildman–Crippen LogP) is 3.96. The second-order valence-electron chi connectivity index (χ2n) is 5.90. The first-order valence-corrected chi connectivity index (χ1v) is 8.82. The van der Waals surface area contributed by atoms with E-state index in [-0.39, 0.29) is 11.4 Å². The Bertz CT molecular complexity index is 1090. The molecule has 0 aliphatic carbocycles. The Kier molecular flexibility index (Phi) is 6.25. The van der Waals surface area contributed by atoms with Gasteiger partial charge in [-0.2, -0.15) is 0 Å². The topological polar surface area (TPSA) is 108 Å². The lowest BCUT2D eigenvalue weighted by atomic mass is 10.1. The van der Waals surface area contributed by atoms with Gasteiger partial charge in [-0.15, -0.1) is 0 Å². The SMILES string of the molecule is O=C(COC(=O)COc1ccc(Cl)c2ccccc12)Nc1cccc([N+](=O)[O-])c1. The zero-order chi connectivity index (χ0) is 20.8. The van der Waals surface area contributed by atoms with Gasteiger partial charge in [-0.25, -0.2) is 4.79 Å². The van der Waals surface area contributed by atoms with Crippen molar-refractivity contribution in [2.45, 2.75) is 0 Å². The van der Waals surface area contributed by atoms with Crippen molar-refractivity contribution in [1.82, 2.24) is 0 Å². The summed E-state index contributed by atoms with van der Waals surface area (Å²) in [7, 11) is 0.